The number of nitrogens with two attached hydrogens (primary N) is 1. The van der Waals surface area contributed by atoms with E-state index in [1.807, 2.05) is 0 Å². The topological polar surface area (TPSA) is 38.9 Å². The van der Waals surface area contributed by atoms with Crippen LogP contribution in [0.1, 0.15) is 11.1 Å². The maximum atomic E-state index is 12.7. The Kier molecular flexibility index (Phi) is 2.26. The van der Waals surface area contributed by atoms with Crippen LogP contribution in [0.25, 0.3) is 10.9 Å². The summed E-state index contributed by atoms with van der Waals surface area (Å²) in [6.45, 7) is 1.71. The maximum absolute atomic E-state index is 12.7. The standard InChI is InChI=1S/C11H9F3N2/c1-6-5-7-3-2-4-8(11(12,13)14)9(7)16-10(6)15/h2-5H,1H3,(H2,15,16). The fourth-order valence-corrected chi connectivity index (χ4v) is 1.55. The molecule has 0 saturated carbocycles. The molecule has 2 aromatic rings. The molecule has 1 aromatic carbocycles. The van der Waals surface area contributed by atoms with Gasteiger partial charge >= 0.3 is 6.18 Å². The Bertz CT molecular complexity index is 547. The van der Waals surface area contributed by atoms with Crippen molar-refractivity contribution in [3.05, 3.63) is 35.4 Å². The Morgan fingerprint density at radius 2 is 1.94 bits per heavy atom. The van der Waals surface area contributed by atoms with Gasteiger partial charge in [0.1, 0.15) is 5.82 Å². The number of nitrogens with zero attached hydrogens (tertiary/aromatic N) is 1. The molecular formula is C11H9F3N2. The lowest BCUT2D eigenvalue weighted by molar-refractivity contribution is -0.136. The third-order valence-electron chi connectivity index (χ3n) is 2.38. The van der Waals surface area contributed by atoms with Crippen molar-refractivity contribution in [3.63, 3.8) is 0 Å². The van der Waals surface area contributed by atoms with Gasteiger partial charge < -0.3 is 5.73 Å². The first-order chi connectivity index (χ1) is 7.39. The van der Waals surface area contributed by atoms with E-state index in [1.165, 1.54) is 6.07 Å². The van der Waals surface area contributed by atoms with Crippen LogP contribution < -0.4 is 5.73 Å². The molecule has 2 rings (SSSR count). The van der Waals surface area contributed by atoms with Crippen molar-refractivity contribution in [3.8, 4) is 0 Å². The largest absolute Gasteiger partial charge is 0.418 e. The number of hydrogen-bond donors (Lipinski definition) is 1. The second kappa shape index (κ2) is 3.37. The second-order valence-corrected chi connectivity index (χ2v) is 3.57. The van der Waals surface area contributed by atoms with Gasteiger partial charge in [-0.1, -0.05) is 12.1 Å². The molecule has 0 saturated heterocycles. The van der Waals surface area contributed by atoms with Crippen LogP contribution in [0.5, 0.6) is 0 Å². The lowest BCUT2D eigenvalue weighted by atomic mass is 10.1. The molecule has 0 atom stereocenters. The van der Waals surface area contributed by atoms with Gasteiger partial charge in [-0.3, -0.25) is 0 Å². The van der Waals surface area contributed by atoms with Gasteiger partial charge in [0.25, 0.3) is 0 Å². The van der Waals surface area contributed by atoms with Crippen molar-refractivity contribution in [2.24, 2.45) is 0 Å². The van der Waals surface area contributed by atoms with E-state index in [-0.39, 0.29) is 11.3 Å². The highest BCUT2D eigenvalue weighted by Crippen LogP contribution is 2.34. The average Bonchev–Trinajstić information content (AvgIpc) is 2.17. The zero-order chi connectivity index (χ0) is 11.9. The Morgan fingerprint density at radius 3 is 2.56 bits per heavy atom. The first-order valence-electron chi connectivity index (χ1n) is 4.62. The van der Waals surface area contributed by atoms with Crippen molar-refractivity contribution in [1.29, 1.82) is 0 Å². The third kappa shape index (κ3) is 1.68. The van der Waals surface area contributed by atoms with Gasteiger partial charge in [-0.15, -0.1) is 0 Å². The maximum Gasteiger partial charge on any atom is 0.418 e. The van der Waals surface area contributed by atoms with Crippen LogP contribution in [-0.4, -0.2) is 4.98 Å². The summed E-state index contributed by atoms with van der Waals surface area (Å²) in [6.07, 6.45) is -4.41. The summed E-state index contributed by atoms with van der Waals surface area (Å²) >= 11 is 0. The van der Waals surface area contributed by atoms with Gasteiger partial charge in [-0.2, -0.15) is 13.2 Å². The third-order valence-corrected chi connectivity index (χ3v) is 2.38. The van der Waals surface area contributed by atoms with Crippen molar-refractivity contribution < 1.29 is 13.2 Å². The highest BCUT2D eigenvalue weighted by Gasteiger charge is 2.33. The lowest BCUT2D eigenvalue weighted by Crippen LogP contribution is -2.07. The molecule has 0 amide bonds. The summed E-state index contributed by atoms with van der Waals surface area (Å²) in [6, 6.07) is 5.56. The summed E-state index contributed by atoms with van der Waals surface area (Å²) in [4.78, 5) is 3.80. The molecule has 1 heterocycles. The number of anilines is 1. The van der Waals surface area contributed by atoms with E-state index < -0.39 is 11.7 Å². The predicted octanol–water partition coefficient (Wildman–Crippen LogP) is 3.14. The molecule has 0 radical (unpaired) electrons. The molecule has 16 heavy (non-hydrogen) atoms. The monoisotopic (exact) mass is 226 g/mol. The number of alkyl halides is 3. The summed E-state index contributed by atoms with van der Waals surface area (Å²) in [5.74, 6) is 0.129. The Morgan fingerprint density at radius 1 is 1.25 bits per heavy atom. The zero-order valence-corrected chi connectivity index (χ0v) is 8.47. The Labute approximate surface area is 89.9 Å². The van der Waals surface area contributed by atoms with Crippen LogP contribution >= 0.6 is 0 Å². The van der Waals surface area contributed by atoms with E-state index in [1.54, 1.807) is 19.1 Å². The average molecular weight is 226 g/mol. The van der Waals surface area contributed by atoms with Crippen LogP contribution in [0.15, 0.2) is 24.3 Å². The number of nitrogen functional groups attached to an aromatic ring is 1. The minimum Gasteiger partial charge on any atom is -0.383 e. The normalized spacial score (nSPS) is 12.0. The number of aromatic nitrogens is 1. The molecule has 2 nitrogen and oxygen atoms in total. The molecule has 0 aliphatic heterocycles. The highest BCUT2D eigenvalue weighted by atomic mass is 19.4. The van der Waals surface area contributed by atoms with Crippen molar-refractivity contribution in [2.45, 2.75) is 13.1 Å². The summed E-state index contributed by atoms with van der Waals surface area (Å²) in [5, 5.41) is 0.446. The molecule has 0 fully saturated rings. The first-order valence-corrected chi connectivity index (χ1v) is 4.62. The van der Waals surface area contributed by atoms with E-state index in [9.17, 15) is 13.2 Å². The summed E-state index contributed by atoms with van der Waals surface area (Å²) in [7, 11) is 0. The minimum atomic E-state index is -4.41. The first kappa shape index (κ1) is 10.7. The number of pyridine rings is 1. The number of para-hydroxylation sites is 1. The fraction of sp³-hybridized carbons (Fsp3) is 0.182. The predicted molar refractivity (Wildman–Crippen MR) is 55.9 cm³/mol. The smallest absolute Gasteiger partial charge is 0.383 e. The molecule has 84 valence electrons. The van der Waals surface area contributed by atoms with Crippen molar-refractivity contribution >= 4 is 16.7 Å². The van der Waals surface area contributed by atoms with Crippen molar-refractivity contribution in [2.75, 3.05) is 5.73 Å². The van der Waals surface area contributed by atoms with Crippen LogP contribution in [0.2, 0.25) is 0 Å². The summed E-state index contributed by atoms with van der Waals surface area (Å²) < 4.78 is 38.0. The van der Waals surface area contributed by atoms with E-state index >= 15 is 0 Å². The molecule has 0 unspecified atom stereocenters. The van der Waals surface area contributed by atoms with Crippen LogP contribution in [0.4, 0.5) is 19.0 Å². The van der Waals surface area contributed by atoms with Gasteiger partial charge in [-0.25, -0.2) is 4.98 Å². The number of hydrogen-bond acceptors (Lipinski definition) is 2. The quantitative estimate of drug-likeness (QED) is 0.749. The molecule has 0 aliphatic rings. The molecule has 1 aromatic heterocycles. The molecular weight excluding hydrogens is 217 g/mol. The minimum absolute atomic E-state index is 0.0990. The lowest BCUT2D eigenvalue weighted by Gasteiger charge is -2.10. The molecule has 0 bridgehead atoms. The Balaban J connectivity index is 2.82. The van der Waals surface area contributed by atoms with Crippen molar-refractivity contribution in [1.82, 2.24) is 4.98 Å². The number of fused-ring (bicyclic) bond motifs is 1. The molecule has 2 N–H and O–H groups in total. The molecule has 0 aliphatic carbocycles. The zero-order valence-electron chi connectivity index (χ0n) is 8.47. The van der Waals surface area contributed by atoms with E-state index in [0.717, 1.165) is 6.07 Å². The van der Waals surface area contributed by atoms with Gasteiger partial charge in [0.2, 0.25) is 0 Å². The second-order valence-electron chi connectivity index (χ2n) is 3.57. The number of benzene rings is 1. The van der Waals surface area contributed by atoms with E-state index in [4.69, 9.17) is 5.73 Å². The van der Waals surface area contributed by atoms with Gasteiger partial charge in [0.15, 0.2) is 0 Å². The highest BCUT2D eigenvalue weighted by molar-refractivity contribution is 5.84. The van der Waals surface area contributed by atoms with Gasteiger partial charge in [-0.05, 0) is 24.6 Å². The molecule has 5 heteroatoms. The van der Waals surface area contributed by atoms with E-state index in [0.29, 0.717) is 10.9 Å². The number of halogens is 3. The van der Waals surface area contributed by atoms with Crippen LogP contribution in [-0.2, 0) is 6.18 Å². The molecule has 0 spiro atoms. The van der Waals surface area contributed by atoms with Crippen LogP contribution in [0.3, 0.4) is 0 Å². The fourth-order valence-electron chi connectivity index (χ4n) is 1.55. The number of aryl methyl sites for hydroxylation is 1. The Hall–Kier alpha value is -1.78. The van der Waals surface area contributed by atoms with Gasteiger partial charge in [0, 0.05) is 5.39 Å². The van der Waals surface area contributed by atoms with E-state index in [2.05, 4.69) is 4.98 Å². The summed E-state index contributed by atoms with van der Waals surface area (Å²) in [5.41, 5.74) is 5.34. The SMILES string of the molecule is Cc1cc2cccc(C(F)(F)F)c2nc1N. The number of rotatable bonds is 0. The van der Waals surface area contributed by atoms with Gasteiger partial charge in [0.05, 0.1) is 11.1 Å². The van der Waals surface area contributed by atoms with Crippen LogP contribution in [0, 0.1) is 6.92 Å².